The van der Waals surface area contributed by atoms with Crippen molar-refractivity contribution in [3.63, 3.8) is 0 Å². The molecule has 0 fully saturated rings. The van der Waals surface area contributed by atoms with Crippen LogP contribution in [0.4, 0.5) is 0 Å². The van der Waals surface area contributed by atoms with Crippen molar-refractivity contribution in [1.29, 1.82) is 0 Å². The maximum atomic E-state index is 2.39. The summed E-state index contributed by atoms with van der Waals surface area (Å²) in [6.45, 7) is 9.34. The maximum Gasteiger partial charge on any atom is 0.213 e. The van der Waals surface area contributed by atoms with Crippen molar-refractivity contribution in [2.24, 2.45) is 7.05 Å². The van der Waals surface area contributed by atoms with E-state index in [0.717, 1.165) is 0 Å². The van der Waals surface area contributed by atoms with Gasteiger partial charge in [0, 0.05) is 17.7 Å². The second-order valence-corrected chi connectivity index (χ2v) is 12.6. The second kappa shape index (κ2) is 6.37. The van der Waals surface area contributed by atoms with Gasteiger partial charge in [-0.2, -0.15) is 0 Å². The molecule has 0 N–H and O–H groups in total. The number of benzene rings is 2. The molecule has 2 heteroatoms. The van der Waals surface area contributed by atoms with Gasteiger partial charge in [0.1, 0.15) is 7.05 Å². The molecule has 1 aromatic heterocycles. The molecule has 0 aliphatic heterocycles. The van der Waals surface area contributed by atoms with Crippen molar-refractivity contribution in [1.82, 2.24) is 0 Å². The number of pyridine rings is 1. The first-order valence-electron chi connectivity index (χ1n) is 8.53. The highest BCUT2D eigenvalue weighted by Gasteiger charge is 2.17. The molecule has 0 aliphatic carbocycles. The first kappa shape index (κ1) is 16.7. The van der Waals surface area contributed by atoms with Crippen molar-refractivity contribution in [3.8, 4) is 22.4 Å². The molecule has 0 amide bonds. The number of rotatable bonds is 3. The van der Waals surface area contributed by atoms with E-state index in [1.54, 1.807) is 0 Å². The van der Waals surface area contributed by atoms with E-state index in [2.05, 4.69) is 105 Å². The maximum absolute atomic E-state index is 2.39. The molecule has 1 heterocycles. The van der Waals surface area contributed by atoms with Crippen LogP contribution in [0.15, 0.2) is 66.9 Å². The fraction of sp³-hybridized carbons (Fsp3) is 0.227. The van der Waals surface area contributed by atoms with Gasteiger partial charge in [0.15, 0.2) is 6.20 Å². The van der Waals surface area contributed by atoms with Gasteiger partial charge in [-0.3, -0.25) is 0 Å². The van der Waals surface area contributed by atoms with Crippen LogP contribution < -0.4 is 9.75 Å². The molecule has 122 valence electrons. The molecule has 0 atom stereocenters. The summed E-state index contributed by atoms with van der Waals surface area (Å²) < 4.78 is 2.20. The van der Waals surface area contributed by atoms with E-state index in [-0.39, 0.29) is 0 Å². The lowest BCUT2D eigenvalue weighted by Crippen LogP contribution is -2.37. The standard InChI is InChI=1S/C22H26NSi/c1-17-8-6-7-9-21(17)22-16-19(14-15-23(22)2)18-10-12-20(13-11-18)24(3,4)5/h6-16H,1-5H3/q+1. The molecule has 0 aliphatic rings. The van der Waals surface area contributed by atoms with Crippen LogP contribution in [0, 0.1) is 6.92 Å². The molecule has 3 aromatic rings. The molecule has 0 saturated carbocycles. The second-order valence-electron chi connectivity index (χ2n) is 7.55. The van der Waals surface area contributed by atoms with Gasteiger partial charge in [-0.15, -0.1) is 0 Å². The Labute approximate surface area is 146 Å². The van der Waals surface area contributed by atoms with E-state index < -0.39 is 8.07 Å². The molecule has 24 heavy (non-hydrogen) atoms. The predicted octanol–water partition coefficient (Wildman–Crippen LogP) is 4.70. The van der Waals surface area contributed by atoms with Gasteiger partial charge in [-0.05, 0) is 29.7 Å². The van der Waals surface area contributed by atoms with Gasteiger partial charge in [0.2, 0.25) is 5.69 Å². The number of aromatic nitrogens is 1. The summed E-state index contributed by atoms with van der Waals surface area (Å²) >= 11 is 0. The van der Waals surface area contributed by atoms with Gasteiger partial charge in [0.05, 0.1) is 8.07 Å². The van der Waals surface area contributed by atoms with Crippen LogP contribution in [0.3, 0.4) is 0 Å². The smallest absolute Gasteiger partial charge is 0.201 e. The SMILES string of the molecule is Cc1ccccc1-c1cc(-c2ccc([Si](C)(C)C)cc2)cc[n+]1C. The highest BCUT2D eigenvalue weighted by molar-refractivity contribution is 6.88. The molecule has 0 saturated heterocycles. The summed E-state index contributed by atoms with van der Waals surface area (Å²) in [6.07, 6.45) is 2.16. The fourth-order valence-electron chi connectivity index (χ4n) is 3.04. The molecular weight excluding hydrogens is 306 g/mol. The predicted molar refractivity (Wildman–Crippen MR) is 106 cm³/mol. The summed E-state index contributed by atoms with van der Waals surface area (Å²) in [4.78, 5) is 0. The first-order valence-corrected chi connectivity index (χ1v) is 12.0. The third kappa shape index (κ3) is 3.34. The summed E-state index contributed by atoms with van der Waals surface area (Å²) in [6, 6.07) is 22.2. The number of aryl methyl sites for hydroxylation is 2. The Morgan fingerprint density at radius 2 is 1.46 bits per heavy atom. The Kier molecular flexibility index (Phi) is 4.42. The van der Waals surface area contributed by atoms with Crippen LogP contribution in [0.1, 0.15) is 5.56 Å². The summed E-state index contributed by atoms with van der Waals surface area (Å²) in [5.41, 5.74) is 6.40. The fourth-order valence-corrected chi connectivity index (χ4v) is 4.21. The third-order valence-corrected chi connectivity index (χ3v) is 6.72. The van der Waals surface area contributed by atoms with Crippen molar-refractivity contribution in [3.05, 3.63) is 72.4 Å². The van der Waals surface area contributed by atoms with Crippen LogP contribution >= 0.6 is 0 Å². The number of nitrogens with zero attached hydrogens (tertiary/aromatic N) is 1. The lowest BCUT2D eigenvalue weighted by atomic mass is 10.0. The lowest BCUT2D eigenvalue weighted by Gasteiger charge is -2.16. The highest BCUT2D eigenvalue weighted by Crippen LogP contribution is 2.25. The Morgan fingerprint density at radius 3 is 2.08 bits per heavy atom. The van der Waals surface area contributed by atoms with E-state index in [0.29, 0.717) is 0 Å². The minimum absolute atomic E-state index is 1.24. The van der Waals surface area contributed by atoms with E-state index in [4.69, 9.17) is 0 Å². The monoisotopic (exact) mass is 332 g/mol. The molecule has 3 rings (SSSR count). The molecule has 0 radical (unpaired) electrons. The molecule has 0 spiro atoms. The Balaban J connectivity index is 2.05. The zero-order chi connectivity index (χ0) is 17.3. The lowest BCUT2D eigenvalue weighted by molar-refractivity contribution is -0.660. The largest absolute Gasteiger partial charge is 0.213 e. The van der Waals surface area contributed by atoms with Crippen molar-refractivity contribution >= 4 is 13.3 Å². The Morgan fingerprint density at radius 1 is 0.792 bits per heavy atom. The topological polar surface area (TPSA) is 3.88 Å². The Bertz CT molecular complexity index is 858. The Hall–Kier alpha value is -2.19. The zero-order valence-electron chi connectivity index (χ0n) is 15.3. The number of hydrogen-bond donors (Lipinski definition) is 0. The van der Waals surface area contributed by atoms with Crippen LogP contribution in [0.2, 0.25) is 19.6 Å². The zero-order valence-corrected chi connectivity index (χ0v) is 16.3. The molecule has 1 nitrogen and oxygen atoms in total. The molecular formula is C22H26NSi+. The van der Waals surface area contributed by atoms with Crippen LogP contribution in [0.5, 0.6) is 0 Å². The average molecular weight is 333 g/mol. The summed E-state index contributed by atoms with van der Waals surface area (Å²) in [7, 11) is 0.870. The van der Waals surface area contributed by atoms with Crippen molar-refractivity contribution in [2.75, 3.05) is 0 Å². The van der Waals surface area contributed by atoms with Crippen LogP contribution in [-0.2, 0) is 7.05 Å². The average Bonchev–Trinajstić information content (AvgIpc) is 2.55. The van der Waals surface area contributed by atoms with Gasteiger partial charge >= 0.3 is 0 Å². The molecule has 0 unspecified atom stereocenters. The number of hydrogen-bond acceptors (Lipinski definition) is 0. The van der Waals surface area contributed by atoms with Gasteiger partial charge in [-0.1, -0.05) is 67.3 Å². The van der Waals surface area contributed by atoms with E-state index in [9.17, 15) is 0 Å². The van der Waals surface area contributed by atoms with E-state index >= 15 is 0 Å². The van der Waals surface area contributed by atoms with Crippen molar-refractivity contribution < 1.29 is 4.57 Å². The van der Waals surface area contributed by atoms with Gasteiger partial charge in [-0.25, -0.2) is 4.57 Å². The van der Waals surface area contributed by atoms with Gasteiger partial charge < -0.3 is 0 Å². The normalized spacial score (nSPS) is 11.5. The quantitative estimate of drug-likeness (QED) is 0.483. The minimum atomic E-state index is -1.24. The minimum Gasteiger partial charge on any atom is -0.201 e. The third-order valence-electron chi connectivity index (χ3n) is 4.66. The first-order chi connectivity index (χ1) is 11.4. The van der Waals surface area contributed by atoms with Crippen LogP contribution in [-0.4, -0.2) is 8.07 Å². The van der Waals surface area contributed by atoms with Gasteiger partial charge in [0.25, 0.3) is 0 Å². The molecule has 0 bridgehead atoms. The van der Waals surface area contributed by atoms with E-state index in [1.165, 1.54) is 33.1 Å². The van der Waals surface area contributed by atoms with E-state index in [1.807, 2.05) is 0 Å². The summed E-state index contributed by atoms with van der Waals surface area (Å²) in [5, 5.41) is 1.51. The highest BCUT2D eigenvalue weighted by atomic mass is 28.3. The summed E-state index contributed by atoms with van der Waals surface area (Å²) in [5.74, 6) is 0. The molecule has 2 aromatic carbocycles. The van der Waals surface area contributed by atoms with Crippen LogP contribution in [0.25, 0.3) is 22.4 Å². The van der Waals surface area contributed by atoms with Crippen molar-refractivity contribution in [2.45, 2.75) is 26.6 Å².